The highest BCUT2D eigenvalue weighted by atomic mass is 32.1. The normalized spacial score (nSPS) is 12.4. The van der Waals surface area contributed by atoms with Crippen LogP contribution in [0, 0.1) is 0 Å². The number of thiophene rings is 1. The van der Waals surface area contributed by atoms with Crippen LogP contribution in [0.2, 0.25) is 0 Å². The molecule has 1 aliphatic rings. The highest BCUT2D eigenvalue weighted by Gasteiger charge is 2.37. The van der Waals surface area contributed by atoms with Crippen LogP contribution in [0.4, 0.5) is 0 Å². The van der Waals surface area contributed by atoms with E-state index in [1.807, 2.05) is 72.0 Å². The molecule has 0 saturated carbocycles. The molecule has 0 fully saturated rings. The Balaban J connectivity index is 0.000000103. The first kappa shape index (κ1) is 85.1. The van der Waals surface area contributed by atoms with Crippen LogP contribution < -0.4 is 0 Å². The van der Waals surface area contributed by atoms with Gasteiger partial charge in [-0.25, -0.2) is 29.9 Å². The molecule has 11 aromatic heterocycles. The van der Waals surface area contributed by atoms with Crippen LogP contribution in [0.25, 0.3) is 287 Å². The molecule has 0 N–H and O–H groups in total. The maximum Gasteiger partial charge on any atom is 0.235 e. The van der Waals surface area contributed by atoms with E-state index in [2.05, 4.69) is 445 Å². The number of hydrogen-bond acceptors (Lipinski definition) is 10. The predicted octanol–water partition coefficient (Wildman–Crippen LogP) is 35.9. The van der Waals surface area contributed by atoms with Crippen LogP contribution in [0.15, 0.2) is 486 Å². The Morgan fingerprint density at radius 1 is 0.181 bits per heavy atom. The van der Waals surface area contributed by atoms with Crippen molar-refractivity contribution in [2.75, 3.05) is 0 Å². The molecule has 0 unspecified atom stereocenters. The third-order valence-corrected chi connectivity index (χ3v) is 31.4. The number of hydrogen-bond donors (Lipinski definition) is 0. The molecule has 1 aliphatic carbocycles. The first-order valence-electron chi connectivity index (χ1n) is 50.3. The minimum Gasteiger partial charge on any atom is -0.456 e. The van der Waals surface area contributed by atoms with Gasteiger partial charge in [-0.15, -0.1) is 11.3 Å². The van der Waals surface area contributed by atoms with Crippen molar-refractivity contribution in [2.45, 2.75) is 19.3 Å². The van der Waals surface area contributed by atoms with E-state index in [0.717, 1.165) is 188 Å². The highest BCUT2D eigenvalue weighted by Crippen LogP contribution is 2.53. The van der Waals surface area contributed by atoms with Gasteiger partial charge in [0.25, 0.3) is 0 Å². The lowest BCUT2D eigenvalue weighted by Gasteiger charge is -2.21. The molecular formula is C135H84N10O3S. The second kappa shape index (κ2) is 33.8. The van der Waals surface area contributed by atoms with E-state index in [-0.39, 0.29) is 5.41 Å². The van der Waals surface area contributed by atoms with Crippen molar-refractivity contribution in [3.63, 3.8) is 0 Å². The Labute approximate surface area is 856 Å². The zero-order valence-corrected chi connectivity index (χ0v) is 81.5. The summed E-state index contributed by atoms with van der Waals surface area (Å²) in [5.41, 5.74) is 33.8. The topological polar surface area (TPSA) is 136 Å². The van der Waals surface area contributed by atoms with Crippen molar-refractivity contribution in [1.82, 2.24) is 48.2 Å². The summed E-state index contributed by atoms with van der Waals surface area (Å²) in [4.78, 5) is 31.9. The zero-order chi connectivity index (χ0) is 98.2. The summed E-state index contributed by atoms with van der Waals surface area (Å²) >= 11 is 1.84. The molecule has 13 nitrogen and oxygen atoms in total. The first-order chi connectivity index (χ1) is 73.6. The number of aromatic nitrogens is 10. The Hall–Kier alpha value is -19.5. The molecule has 31 aromatic rings. The number of rotatable bonds is 11. The Morgan fingerprint density at radius 2 is 0.503 bits per heavy atom. The van der Waals surface area contributed by atoms with Gasteiger partial charge >= 0.3 is 0 Å². The third kappa shape index (κ3) is 13.9. The maximum absolute atomic E-state index is 6.32. The van der Waals surface area contributed by atoms with Crippen LogP contribution in [-0.2, 0) is 5.41 Å². The van der Waals surface area contributed by atoms with Crippen LogP contribution >= 0.6 is 11.3 Å². The molecular weight excluding hydrogens is 1840 g/mol. The molecule has 11 heterocycles. The number of para-hydroxylation sites is 8. The minimum atomic E-state index is -0.0872. The van der Waals surface area contributed by atoms with E-state index in [4.69, 9.17) is 43.2 Å². The summed E-state index contributed by atoms with van der Waals surface area (Å²) in [5.74, 6) is 1.90. The van der Waals surface area contributed by atoms with Crippen LogP contribution in [0.5, 0.6) is 0 Å². The summed E-state index contributed by atoms with van der Waals surface area (Å²) in [5, 5.41) is 18.5. The molecule has 32 rings (SSSR count). The van der Waals surface area contributed by atoms with Crippen molar-refractivity contribution in [3.05, 3.63) is 484 Å². The molecule has 0 saturated heterocycles. The van der Waals surface area contributed by atoms with Crippen LogP contribution in [0.3, 0.4) is 0 Å². The van der Waals surface area contributed by atoms with E-state index in [1.165, 1.54) is 91.4 Å². The number of benzene rings is 20. The van der Waals surface area contributed by atoms with Gasteiger partial charge in [0.2, 0.25) is 17.8 Å². The molecule has 0 spiro atoms. The van der Waals surface area contributed by atoms with Crippen LogP contribution in [-0.4, -0.2) is 48.2 Å². The SMILES string of the molecule is CC1(C)c2ccccc2-c2cc3c(cc21)c1ccccc1n3-c1nc(-c2ccccc2)cc(-c2ccc3oc4ccccc4c3c2)n1.c1ccc(-c2cc(-c3ccc4c(c3)oc3ccccc34)nc(-n3c4ccccc4c4cc5c(cc43)c3ccccc3n5-c3ccccc3)n2)cc1.c1ccc(-c2ccc(-c3cc(-c4ccc5c(c4)oc4ccccc45)nc(-n4c5ccccc5c5cc6sc7ccccc7c6cc54)n3)cc2)cc1. The van der Waals surface area contributed by atoms with Gasteiger partial charge in [0.15, 0.2) is 0 Å². The fourth-order valence-electron chi connectivity index (χ4n) is 23.1. The Kier molecular flexibility index (Phi) is 19.3. The van der Waals surface area contributed by atoms with Gasteiger partial charge in [-0.05, 0) is 191 Å². The van der Waals surface area contributed by atoms with Gasteiger partial charge in [-0.2, -0.15) is 0 Å². The lowest BCUT2D eigenvalue weighted by atomic mass is 9.82. The third-order valence-electron chi connectivity index (χ3n) is 30.2. The quantitative estimate of drug-likeness (QED) is 0.124. The molecule has 14 heteroatoms. The summed E-state index contributed by atoms with van der Waals surface area (Å²) < 4.78 is 30.4. The van der Waals surface area contributed by atoms with Crippen LogP contribution in [0.1, 0.15) is 25.0 Å². The summed E-state index contributed by atoms with van der Waals surface area (Å²) in [6, 6.07) is 166. The van der Waals surface area contributed by atoms with E-state index >= 15 is 0 Å². The second-order valence-corrected chi connectivity index (χ2v) is 40.2. The Bertz CT molecular complexity index is 10900. The standard InChI is InChI=1S/C46H28N4O.C46H27N3OS.C43H29N3O/c1-3-13-29(14-4-1)38-28-39(30-23-24-35-34-19-9-12-22-44(34)51-45(35)25-30)48-46(47-38)50-41-21-11-8-18-33(41)37-26-42-36(27-43(37)50)32-17-7-10-20-40(32)49(42)31-15-5-2-6-16-31;1-2-10-28(11-3-1)29-18-20-30(21-19-29)38-27-39(31-22-23-34-33-13-5-8-16-42(33)50-43(34)24-31)48-46(47-38)49-40-15-7-4-12-32(40)36-26-45-37(25-41(36)49)35-14-6-9-17-44(35)51-45;1-43(2)34-17-9-6-14-28(34)31-24-39-32(23-35(31)43)29-15-7-10-18-38(29)46(39)42-44-36(26-12-4-3-5-13-26)25-37(45-42)27-20-21-41-33(22-27)30-16-8-11-19-40(30)47-41/h1-28H;1-27H;3-25H,1-2H3. The van der Waals surface area contributed by atoms with E-state index in [1.54, 1.807) is 0 Å². The average Bonchev–Trinajstić information content (AvgIpc) is 1.62. The zero-order valence-electron chi connectivity index (χ0n) is 80.6. The van der Waals surface area contributed by atoms with Crippen molar-refractivity contribution in [1.29, 1.82) is 0 Å². The van der Waals surface area contributed by atoms with Crippen molar-refractivity contribution < 1.29 is 13.3 Å². The van der Waals surface area contributed by atoms with Gasteiger partial charge in [0.1, 0.15) is 33.5 Å². The van der Waals surface area contributed by atoms with E-state index < -0.39 is 0 Å². The number of fused-ring (bicyclic) bond motifs is 27. The molecule has 0 atom stereocenters. The maximum atomic E-state index is 6.32. The molecule has 698 valence electrons. The average molecular weight is 1930 g/mol. The van der Waals surface area contributed by atoms with E-state index in [0.29, 0.717) is 17.8 Å². The molecule has 20 aromatic carbocycles. The molecule has 0 bridgehead atoms. The van der Waals surface area contributed by atoms with Gasteiger partial charge in [-0.3, -0.25) is 13.7 Å². The van der Waals surface area contributed by atoms with Gasteiger partial charge in [-0.1, -0.05) is 329 Å². The lowest BCUT2D eigenvalue weighted by molar-refractivity contribution is 0.661. The molecule has 0 radical (unpaired) electrons. The Morgan fingerprint density at radius 3 is 1.01 bits per heavy atom. The van der Waals surface area contributed by atoms with Crippen molar-refractivity contribution >= 4 is 185 Å². The first-order valence-corrected chi connectivity index (χ1v) is 51.1. The largest absolute Gasteiger partial charge is 0.456 e. The van der Waals surface area contributed by atoms with Gasteiger partial charge < -0.3 is 17.8 Å². The summed E-state index contributed by atoms with van der Waals surface area (Å²) in [6.45, 7) is 4.67. The molecule has 0 amide bonds. The highest BCUT2D eigenvalue weighted by molar-refractivity contribution is 7.25. The minimum absolute atomic E-state index is 0.0872. The summed E-state index contributed by atoms with van der Waals surface area (Å²) in [7, 11) is 0. The van der Waals surface area contributed by atoms with E-state index in [9.17, 15) is 0 Å². The number of furan rings is 3. The fourth-order valence-corrected chi connectivity index (χ4v) is 24.2. The second-order valence-electron chi connectivity index (χ2n) is 39.1. The predicted molar refractivity (Wildman–Crippen MR) is 614 cm³/mol. The van der Waals surface area contributed by atoms with Crippen molar-refractivity contribution in [3.8, 4) is 113 Å². The fraction of sp³-hybridized carbons (Fsp3) is 0.0222. The lowest BCUT2D eigenvalue weighted by Crippen LogP contribution is -2.14. The van der Waals surface area contributed by atoms with Gasteiger partial charge in [0, 0.05) is 140 Å². The summed E-state index contributed by atoms with van der Waals surface area (Å²) in [6.07, 6.45) is 0. The molecule has 149 heavy (non-hydrogen) atoms. The van der Waals surface area contributed by atoms with Crippen molar-refractivity contribution in [2.24, 2.45) is 0 Å². The van der Waals surface area contributed by atoms with Gasteiger partial charge in [0.05, 0.1) is 78.3 Å². The molecule has 0 aliphatic heterocycles. The number of nitrogens with zero attached hydrogens (tertiary/aromatic N) is 10. The monoisotopic (exact) mass is 1920 g/mol. The smallest absolute Gasteiger partial charge is 0.235 e.